The van der Waals surface area contributed by atoms with Crippen molar-refractivity contribution in [3.05, 3.63) is 23.4 Å². The smallest absolute Gasteiger partial charge is 0.131 e. The molecule has 0 saturated carbocycles. The van der Waals surface area contributed by atoms with Gasteiger partial charge in [-0.3, -0.25) is 0 Å². The highest BCUT2D eigenvalue weighted by Crippen LogP contribution is 2.16. The Morgan fingerprint density at radius 2 is 2.33 bits per heavy atom. The number of aromatic nitrogens is 1. The monoisotopic (exact) mass is 205 g/mol. The molecule has 80 valence electrons. The van der Waals surface area contributed by atoms with Crippen LogP contribution in [0.15, 0.2) is 12.3 Å². The molecule has 1 rings (SSSR count). The summed E-state index contributed by atoms with van der Waals surface area (Å²) >= 11 is 0. The summed E-state index contributed by atoms with van der Waals surface area (Å²) < 4.78 is 0. The third kappa shape index (κ3) is 2.93. The minimum Gasteiger partial charge on any atom is -0.392 e. The van der Waals surface area contributed by atoms with Crippen LogP contribution in [0.5, 0.6) is 0 Å². The van der Waals surface area contributed by atoms with Crippen molar-refractivity contribution < 1.29 is 5.11 Å². The fourth-order valence-corrected chi connectivity index (χ4v) is 1.44. The summed E-state index contributed by atoms with van der Waals surface area (Å²) in [6.07, 6.45) is 2.14. The first-order chi connectivity index (χ1) is 7.19. The summed E-state index contributed by atoms with van der Waals surface area (Å²) in [5, 5.41) is 17.4. The van der Waals surface area contributed by atoms with Gasteiger partial charge >= 0.3 is 0 Å². The molecular formula is C11H15N3O. The Morgan fingerprint density at radius 3 is 2.87 bits per heavy atom. The molecule has 0 saturated heterocycles. The van der Waals surface area contributed by atoms with Gasteiger partial charge in [-0.25, -0.2) is 4.98 Å². The molecule has 0 atom stereocenters. The molecule has 0 aliphatic carbocycles. The molecule has 0 fully saturated rings. The van der Waals surface area contributed by atoms with Crippen molar-refractivity contribution in [1.29, 1.82) is 5.26 Å². The Bertz CT molecular complexity index is 371. The van der Waals surface area contributed by atoms with Gasteiger partial charge in [0.1, 0.15) is 5.82 Å². The van der Waals surface area contributed by atoms with Crippen LogP contribution in [0.3, 0.4) is 0 Å². The summed E-state index contributed by atoms with van der Waals surface area (Å²) in [6.45, 7) is 2.63. The highest BCUT2D eigenvalue weighted by atomic mass is 16.3. The quantitative estimate of drug-likeness (QED) is 0.803. The van der Waals surface area contributed by atoms with E-state index in [0.29, 0.717) is 13.0 Å². The minimum atomic E-state index is 0.00995. The van der Waals surface area contributed by atoms with E-state index in [1.54, 1.807) is 6.20 Å². The van der Waals surface area contributed by atoms with Crippen molar-refractivity contribution in [3.8, 4) is 6.07 Å². The number of hydrogen-bond donors (Lipinski definition) is 1. The summed E-state index contributed by atoms with van der Waals surface area (Å²) in [6, 6.07) is 4.01. The van der Waals surface area contributed by atoms with Gasteiger partial charge in [0.05, 0.1) is 19.1 Å². The van der Waals surface area contributed by atoms with Crippen LogP contribution in [-0.4, -0.2) is 23.7 Å². The number of aliphatic hydroxyl groups excluding tert-OH is 1. The lowest BCUT2D eigenvalue weighted by Gasteiger charge is -2.18. The second kappa shape index (κ2) is 5.32. The summed E-state index contributed by atoms with van der Waals surface area (Å²) in [7, 11) is 1.91. The third-order valence-corrected chi connectivity index (χ3v) is 2.21. The second-order valence-corrected chi connectivity index (χ2v) is 3.47. The molecule has 4 heteroatoms. The highest BCUT2D eigenvalue weighted by molar-refractivity contribution is 5.46. The molecule has 0 amide bonds. The molecule has 0 spiro atoms. The lowest BCUT2D eigenvalue weighted by Crippen LogP contribution is -2.20. The maximum Gasteiger partial charge on any atom is 0.131 e. The second-order valence-electron chi connectivity index (χ2n) is 3.47. The van der Waals surface area contributed by atoms with Gasteiger partial charge in [-0.05, 0) is 24.1 Å². The predicted octanol–water partition coefficient (Wildman–Crippen LogP) is 1.23. The molecule has 1 heterocycles. The summed E-state index contributed by atoms with van der Waals surface area (Å²) in [4.78, 5) is 6.20. The lowest BCUT2D eigenvalue weighted by atomic mass is 10.2. The van der Waals surface area contributed by atoms with E-state index in [-0.39, 0.29) is 6.61 Å². The largest absolute Gasteiger partial charge is 0.392 e. The van der Waals surface area contributed by atoms with Crippen LogP contribution in [0.2, 0.25) is 0 Å². The lowest BCUT2D eigenvalue weighted by molar-refractivity contribution is 0.281. The van der Waals surface area contributed by atoms with E-state index in [4.69, 9.17) is 10.4 Å². The topological polar surface area (TPSA) is 60.2 Å². The van der Waals surface area contributed by atoms with Crippen LogP contribution >= 0.6 is 0 Å². The van der Waals surface area contributed by atoms with Gasteiger partial charge in [0.15, 0.2) is 0 Å². The molecule has 1 aromatic heterocycles. The number of anilines is 1. The summed E-state index contributed by atoms with van der Waals surface area (Å²) in [5.41, 5.74) is 1.83. The molecule has 0 unspecified atom stereocenters. The first-order valence-electron chi connectivity index (χ1n) is 4.83. The molecule has 0 bridgehead atoms. The zero-order chi connectivity index (χ0) is 11.3. The van der Waals surface area contributed by atoms with E-state index < -0.39 is 0 Å². The zero-order valence-corrected chi connectivity index (χ0v) is 9.06. The average Bonchev–Trinajstić information content (AvgIpc) is 2.25. The fourth-order valence-electron chi connectivity index (χ4n) is 1.44. The maximum absolute atomic E-state index is 8.94. The number of nitriles is 1. The standard InChI is InChI=1S/C11H15N3O/c1-9-6-10(8-15)7-13-11(9)14(2)5-3-4-12/h6-7,15H,3,5,8H2,1-2H3. The Kier molecular flexibility index (Phi) is 4.07. The maximum atomic E-state index is 8.94. The van der Waals surface area contributed by atoms with E-state index in [1.807, 2.05) is 24.9 Å². The molecule has 1 N–H and O–H groups in total. The van der Waals surface area contributed by atoms with E-state index in [1.165, 1.54) is 0 Å². The van der Waals surface area contributed by atoms with Crippen molar-refractivity contribution in [2.75, 3.05) is 18.5 Å². The van der Waals surface area contributed by atoms with Crippen LogP contribution in [0.4, 0.5) is 5.82 Å². The van der Waals surface area contributed by atoms with Crippen LogP contribution in [0, 0.1) is 18.3 Å². The fraction of sp³-hybridized carbons (Fsp3) is 0.455. The average molecular weight is 205 g/mol. The first kappa shape index (κ1) is 11.5. The minimum absolute atomic E-state index is 0.00995. The Hall–Kier alpha value is -1.60. The number of aryl methyl sites for hydroxylation is 1. The van der Waals surface area contributed by atoms with E-state index >= 15 is 0 Å². The van der Waals surface area contributed by atoms with Crippen molar-refractivity contribution in [2.24, 2.45) is 0 Å². The molecule has 0 radical (unpaired) electrons. The molecule has 0 aliphatic heterocycles. The zero-order valence-electron chi connectivity index (χ0n) is 9.06. The Labute approximate surface area is 89.8 Å². The predicted molar refractivity (Wildman–Crippen MR) is 58.4 cm³/mol. The van der Waals surface area contributed by atoms with E-state index in [2.05, 4.69) is 11.1 Å². The summed E-state index contributed by atoms with van der Waals surface area (Å²) in [5.74, 6) is 0.863. The van der Waals surface area contributed by atoms with Crippen LogP contribution < -0.4 is 4.90 Å². The molecular weight excluding hydrogens is 190 g/mol. The van der Waals surface area contributed by atoms with Crippen LogP contribution in [0.25, 0.3) is 0 Å². The highest BCUT2D eigenvalue weighted by Gasteiger charge is 2.06. The van der Waals surface area contributed by atoms with Crippen molar-refractivity contribution >= 4 is 5.82 Å². The molecule has 4 nitrogen and oxygen atoms in total. The van der Waals surface area contributed by atoms with E-state index in [0.717, 1.165) is 16.9 Å². The molecule has 15 heavy (non-hydrogen) atoms. The van der Waals surface area contributed by atoms with Crippen LogP contribution in [-0.2, 0) is 6.61 Å². The van der Waals surface area contributed by atoms with Gasteiger partial charge in [-0.1, -0.05) is 0 Å². The van der Waals surface area contributed by atoms with Crippen molar-refractivity contribution in [1.82, 2.24) is 4.98 Å². The molecule has 1 aromatic rings. The number of rotatable bonds is 4. The third-order valence-electron chi connectivity index (χ3n) is 2.21. The number of aliphatic hydroxyl groups is 1. The molecule has 0 aromatic carbocycles. The van der Waals surface area contributed by atoms with Crippen molar-refractivity contribution in [3.63, 3.8) is 0 Å². The Morgan fingerprint density at radius 1 is 1.60 bits per heavy atom. The van der Waals surface area contributed by atoms with Gasteiger partial charge in [-0.15, -0.1) is 0 Å². The number of pyridine rings is 1. The van der Waals surface area contributed by atoms with Crippen molar-refractivity contribution in [2.45, 2.75) is 20.0 Å². The SMILES string of the molecule is Cc1cc(CO)cnc1N(C)CCC#N. The molecule has 0 aliphatic rings. The van der Waals surface area contributed by atoms with Gasteiger partial charge in [0.2, 0.25) is 0 Å². The number of nitrogens with zero attached hydrogens (tertiary/aromatic N) is 3. The van der Waals surface area contributed by atoms with E-state index in [9.17, 15) is 0 Å². The normalized spacial score (nSPS) is 9.73. The van der Waals surface area contributed by atoms with Gasteiger partial charge in [-0.2, -0.15) is 5.26 Å². The van der Waals surface area contributed by atoms with Gasteiger partial charge in [0.25, 0.3) is 0 Å². The number of hydrogen-bond acceptors (Lipinski definition) is 4. The van der Waals surface area contributed by atoms with Crippen LogP contribution in [0.1, 0.15) is 17.5 Å². The van der Waals surface area contributed by atoms with Gasteiger partial charge < -0.3 is 10.0 Å². The Balaban J connectivity index is 2.81. The van der Waals surface area contributed by atoms with Gasteiger partial charge in [0, 0.05) is 19.8 Å². The first-order valence-corrected chi connectivity index (χ1v) is 4.83.